The van der Waals surface area contributed by atoms with Crippen molar-refractivity contribution < 1.29 is 0 Å². The zero-order chi connectivity index (χ0) is 10.3. The van der Waals surface area contributed by atoms with E-state index in [9.17, 15) is 0 Å². The van der Waals surface area contributed by atoms with Crippen LogP contribution in [0.5, 0.6) is 0 Å². The highest BCUT2D eigenvalue weighted by Crippen LogP contribution is 2.37. The molecule has 0 spiro atoms. The van der Waals surface area contributed by atoms with Crippen LogP contribution in [0.1, 0.15) is 19.8 Å². The molecule has 1 atom stereocenters. The first-order valence-electron chi connectivity index (χ1n) is 6.53. The largest absolute Gasteiger partial charge is 0.314 e. The maximum Gasteiger partial charge on any atom is 0.0351 e. The molecular weight excluding hydrogens is 186 g/mol. The first kappa shape index (κ1) is 10.1. The van der Waals surface area contributed by atoms with Crippen LogP contribution in [0.15, 0.2) is 0 Å². The van der Waals surface area contributed by atoms with Gasteiger partial charge in [-0.1, -0.05) is 0 Å². The Kier molecular flexibility index (Phi) is 2.71. The molecule has 3 nitrogen and oxygen atoms in total. The van der Waals surface area contributed by atoms with E-state index in [0.717, 1.165) is 18.0 Å². The van der Waals surface area contributed by atoms with Gasteiger partial charge in [-0.3, -0.25) is 9.80 Å². The molecule has 0 aromatic heterocycles. The maximum atomic E-state index is 3.42. The molecule has 1 unspecified atom stereocenters. The molecule has 1 saturated carbocycles. The van der Waals surface area contributed by atoms with Gasteiger partial charge in [0.2, 0.25) is 0 Å². The summed E-state index contributed by atoms with van der Waals surface area (Å²) in [5, 5.41) is 3.42. The second kappa shape index (κ2) is 4.04. The van der Waals surface area contributed by atoms with Gasteiger partial charge in [0.05, 0.1) is 0 Å². The lowest BCUT2D eigenvalue weighted by Gasteiger charge is -2.49. The number of piperazine rings is 1. The molecule has 3 fully saturated rings. The van der Waals surface area contributed by atoms with Gasteiger partial charge in [-0.25, -0.2) is 0 Å². The molecule has 3 aliphatic rings. The van der Waals surface area contributed by atoms with Crippen molar-refractivity contribution in [2.45, 2.75) is 31.8 Å². The zero-order valence-corrected chi connectivity index (χ0v) is 9.78. The van der Waals surface area contributed by atoms with E-state index < -0.39 is 0 Å². The summed E-state index contributed by atoms with van der Waals surface area (Å²) in [4.78, 5) is 5.36. The Morgan fingerprint density at radius 1 is 1.13 bits per heavy atom. The zero-order valence-electron chi connectivity index (χ0n) is 9.78. The number of rotatable bonds is 3. The molecule has 0 aromatic rings. The first-order valence-corrected chi connectivity index (χ1v) is 6.53. The number of nitrogens with zero attached hydrogens (tertiary/aromatic N) is 2. The van der Waals surface area contributed by atoms with Crippen LogP contribution in [0.3, 0.4) is 0 Å². The van der Waals surface area contributed by atoms with Gasteiger partial charge in [0, 0.05) is 51.4 Å². The van der Waals surface area contributed by atoms with Crippen LogP contribution in [0.4, 0.5) is 0 Å². The third-order valence-corrected chi connectivity index (χ3v) is 4.44. The van der Waals surface area contributed by atoms with Crippen LogP contribution < -0.4 is 5.32 Å². The van der Waals surface area contributed by atoms with Crippen LogP contribution >= 0.6 is 0 Å². The fourth-order valence-electron chi connectivity index (χ4n) is 2.98. The van der Waals surface area contributed by atoms with Crippen molar-refractivity contribution in [1.29, 1.82) is 0 Å². The van der Waals surface area contributed by atoms with Crippen molar-refractivity contribution in [1.82, 2.24) is 15.1 Å². The quantitative estimate of drug-likeness (QED) is 0.725. The Hall–Kier alpha value is -0.120. The summed E-state index contributed by atoms with van der Waals surface area (Å²) in [6.45, 7) is 9.98. The van der Waals surface area contributed by atoms with E-state index in [-0.39, 0.29) is 0 Å². The normalized spacial score (nSPS) is 32.6. The molecule has 3 heteroatoms. The van der Waals surface area contributed by atoms with E-state index in [4.69, 9.17) is 0 Å². The predicted molar refractivity (Wildman–Crippen MR) is 62.0 cm³/mol. The van der Waals surface area contributed by atoms with Crippen molar-refractivity contribution in [2.75, 3.05) is 39.3 Å². The molecule has 1 N–H and O–H groups in total. The minimum absolute atomic E-state index is 0.865. The highest BCUT2D eigenvalue weighted by atomic mass is 15.3. The van der Waals surface area contributed by atoms with Crippen molar-refractivity contribution in [3.63, 3.8) is 0 Å². The van der Waals surface area contributed by atoms with E-state index in [1.165, 1.54) is 52.1 Å². The molecule has 3 rings (SSSR count). The van der Waals surface area contributed by atoms with Gasteiger partial charge in [0.15, 0.2) is 0 Å². The fourth-order valence-corrected chi connectivity index (χ4v) is 2.98. The molecule has 0 aromatic carbocycles. The molecule has 86 valence electrons. The number of hydrogen-bond acceptors (Lipinski definition) is 3. The highest BCUT2D eigenvalue weighted by molar-refractivity contribution is 4.96. The molecule has 0 bridgehead atoms. The Labute approximate surface area is 92.8 Å². The van der Waals surface area contributed by atoms with Gasteiger partial charge in [0.1, 0.15) is 0 Å². The van der Waals surface area contributed by atoms with Crippen molar-refractivity contribution in [3.05, 3.63) is 0 Å². The number of hydrogen-bond donors (Lipinski definition) is 1. The van der Waals surface area contributed by atoms with E-state index in [0.29, 0.717) is 0 Å². The van der Waals surface area contributed by atoms with Gasteiger partial charge in [-0.05, 0) is 25.7 Å². The summed E-state index contributed by atoms with van der Waals surface area (Å²) in [5.74, 6) is 1.04. The lowest BCUT2D eigenvalue weighted by molar-refractivity contribution is -0.00133. The van der Waals surface area contributed by atoms with Gasteiger partial charge in [-0.15, -0.1) is 0 Å². The summed E-state index contributed by atoms with van der Waals surface area (Å²) < 4.78 is 0. The Bertz CT molecular complexity index is 215. The minimum atomic E-state index is 0.865. The molecule has 2 aliphatic heterocycles. The number of nitrogens with one attached hydrogen (secondary N) is 1. The fraction of sp³-hybridized carbons (Fsp3) is 1.00. The van der Waals surface area contributed by atoms with Crippen LogP contribution in [-0.4, -0.2) is 61.2 Å². The summed E-state index contributed by atoms with van der Waals surface area (Å²) in [7, 11) is 0. The van der Waals surface area contributed by atoms with E-state index >= 15 is 0 Å². The summed E-state index contributed by atoms with van der Waals surface area (Å²) in [6.07, 6.45) is 2.96. The summed E-state index contributed by atoms with van der Waals surface area (Å²) >= 11 is 0. The van der Waals surface area contributed by atoms with Gasteiger partial charge < -0.3 is 5.32 Å². The predicted octanol–water partition coefficient (Wildman–Crippen LogP) is 0.374. The second-order valence-electron chi connectivity index (χ2n) is 5.47. The van der Waals surface area contributed by atoms with E-state index in [1.54, 1.807) is 0 Å². The van der Waals surface area contributed by atoms with Crippen LogP contribution in [0, 0.1) is 5.92 Å². The lowest BCUT2D eigenvalue weighted by Crippen LogP contribution is -2.64. The average Bonchev–Trinajstić information content (AvgIpc) is 3.00. The summed E-state index contributed by atoms with van der Waals surface area (Å²) in [5.41, 5.74) is 0. The van der Waals surface area contributed by atoms with Crippen LogP contribution in [0.25, 0.3) is 0 Å². The minimum Gasteiger partial charge on any atom is -0.314 e. The number of likely N-dealkylation sites (tertiary alicyclic amines) is 1. The Morgan fingerprint density at radius 2 is 1.80 bits per heavy atom. The smallest absolute Gasteiger partial charge is 0.0351 e. The molecule has 1 aliphatic carbocycles. The third kappa shape index (κ3) is 2.05. The Balaban J connectivity index is 1.44. The van der Waals surface area contributed by atoms with Gasteiger partial charge in [-0.2, -0.15) is 0 Å². The molecule has 2 saturated heterocycles. The first-order chi connectivity index (χ1) is 7.34. The molecule has 0 amide bonds. The maximum absolute atomic E-state index is 3.42. The van der Waals surface area contributed by atoms with Crippen LogP contribution in [0.2, 0.25) is 0 Å². The lowest BCUT2D eigenvalue weighted by atomic mass is 10.0. The van der Waals surface area contributed by atoms with E-state index in [2.05, 4.69) is 22.0 Å². The second-order valence-corrected chi connectivity index (χ2v) is 5.47. The topological polar surface area (TPSA) is 18.5 Å². The highest BCUT2D eigenvalue weighted by Gasteiger charge is 2.40. The van der Waals surface area contributed by atoms with Crippen molar-refractivity contribution >= 4 is 0 Å². The molecule has 0 radical (unpaired) electrons. The standard InChI is InChI=1S/C12H23N3/c1-10(11-2-3-11)15-8-12(9-15)14-6-4-13-5-7-14/h10-13H,2-9H2,1H3. The molecule has 15 heavy (non-hydrogen) atoms. The summed E-state index contributed by atoms with van der Waals surface area (Å²) in [6, 6.07) is 1.73. The van der Waals surface area contributed by atoms with Crippen molar-refractivity contribution in [2.24, 2.45) is 5.92 Å². The van der Waals surface area contributed by atoms with Gasteiger partial charge >= 0.3 is 0 Å². The average molecular weight is 209 g/mol. The van der Waals surface area contributed by atoms with Gasteiger partial charge in [0.25, 0.3) is 0 Å². The van der Waals surface area contributed by atoms with Crippen LogP contribution in [-0.2, 0) is 0 Å². The SMILES string of the molecule is CC(C1CC1)N1CC(N2CCNCC2)C1. The van der Waals surface area contributed by atoms with E-state index in [1.807, 2.05) is 0 Å². The molecule has 2 heterocycles. The monoisotopic (exact) mass is 209 g/mol. The molecular formula is C12H23N3. The third-order valence-electron chi connectivity index (χ3n) is 4.44. The Morgan fingerprint density at radius 3 is 2.40 bits per heavy atom. The van der Waals surface area contributed by atoms with Crippen molar-refractivity contribution in [3.8, 4) is 0 Å².